The molecule has 0 aromatic carbocycles. The molecule has 3 rings (SSSR count). The molecule has 136 valence electrons. The summed E-state index contributed by atoms with van der Waals surface area (Å²) in [5.41, 5.74) is 1.49. The average molecular weight is 346 g/mol. The number of carbonyl (C=O) groups is 1. The average Bonchev–Trinajstić information content (AvgIpc) is 3.04. The summed E-state index contributed by atoms with van der Waals surface area (Å²) in [5.74, 6) is 1.80. The van der Waals surface area contributed by atoms with Crippen molar-refractivity contribution in [2.45, 2.75) is 58.4 Å². The maximum absolute atomic E-state index is 12.4. The van der Waals surface area contributed by atoms with Gasteiger partial charge in [0.25, 0.3) is 0 Å². The smallest absolute Gasteiger partial charge is 0.233 e. The van der Waals surface area contributed by atoms with Crippen molar-refractivity contribution >= 4 is 11.7 Å². The number of aliphatic hydroxyl groups is 1. The third-order valence-corrected chi connectivity index (χ3v) is 4.55. The lowest BCUT2D eigenvalue weighted by Crippen LogP contribution is -2.28. The van der Waals surface area contributed by atoms with E-state index in [2.05, 4.69) is 31.2 Å². The Bertz CT molecular complexity index is 751. The molecule has 0 bridgehead atoms. The van der Waals surface area contributed by atoms with Crippen molar-refractivity contribution in [2.75, 3.05) is 11.9 Å². The van der Waals surface area contributed by atoms with Crippen LogP contribution >= 0.6 is 0 Å². The molecule has 0 radical (unpaired) electrons. The first kappa shape index (κ1) is 17.7. The van der Waals surface area contributed by atoms with Crippen molar-refractivity contribution in [2.24, 2.45) is 5.92 Å². The van der Waals surface area contributed by atoms with Crippen LogP contribution in [-0.2, 0) is 16.8 Å². The number of aryl methyl sites for hydroxylation is 1. The molecule has 7 heteroatoms. The number of aromatic nitrogens is 3. The molecule has 1 amide bonds. The molecule has 1 aliphatic rings. The van der Waals surface area contributed by atoms with Gasteiger partial charge in [0.15, 0.2) is 0 Å². The van der Waals surface area contributed by atoms with Crippen molar-refractivity contribution in [3.05, 3.63) is 29.3 Å². The molecule has 2 aromatic rings. The zero-order chi connectivity index (χ0) is 18.2. The fraction of sp³-hybridized carbons (Fsp3) is 0.611. The number of rotatable bonds is 5. The van der Waals surface area contributed by atoms with Crippen LogP contribution in [0.3, 0.4) is 0 Å². The van der Waals surface area contributed by atoms with Gasteiger partial charge in [-0.2, -0.15) is 5.10 Å². The third kappa shape index (κ3) is 3.92. The van der Waals surface area contributed by atoms with Crippen LogP contribution in [0.25, 0.3) is 0 Å². The molecule has 1 saturated carbocycles. The summed E-state index contributed by atoms with van der Waals surface area (Å²) in [6.45, 7) is 8.21. The van der Waals surface area contributed by atoms with Gasteiger partial charge < -0.3 is 14.9 Å². The Morgan fingerprint density at radius 2 is 2.12 bits per heavy atom. The standard InChI is InChI=1S/C18H26N4O3/c1-11-5-14(25-21-11)8-17(24)19-16-9-15(13-6-12(7-13)10-23)20-22(16)18(2,3)4/h5,9,12-13,23H,6-8,10H2,1-4H3,(H,19,24). The summed E-state index contributed by atoms with van der Waals surface area (Å²) < 4.78 is 6.97. The first-order valence-electron chi connectivity index (χ1n) is 8.69. The molecule has 0 saturated heterocycles. The lowest BCUT2D eigenvalue weighted by atomic mass is 9.74. The highest BCUT2D eigenvalue weighted by molar-refractivity contribution is 5.91. The maximum atomic E-state index is 12.4. The normalized spacial score (nSPS) is 20.4. The zero-order valence-electron chi connectivity index (χ0n) is 15.2. The maximum Gasteiger partial charge on any atom is 0.233 e. The highest BCUT2D eigenvalue weighted by Gasteiger charge is 2.33. The highest BCUT2D eigenvalue weighted by atomic mass is 16.5. The summed E-state index contributed by atoms with van der Waals surface area (Å²) in [6.07, 6.45) is 2.03. The highest BCUT2D eigenvalue weighted by Crippen LogP contribution is 2.41. The van der Waals surface area contributed by atoms with E-state index < -0.39 is 0 Å². The first-order chi connectivity index (χ1) is 11.8. The summed E-state index contributed by atoms with van der Waals surface area (Å²) in [6, 6.07) is 3.71. The van der Waals surface area contributed by atoms with Crippen LogP contribution in [0.1, 0.15) is 56.7 Å². The van der Waals surface area contributed by atoms with Gasteiger partial charge in [0.05, 0.1) is 23.3 Å². The van der Waals surface area contributed by atoms with Gasteiger partial charge in [-0.15, -0.1) is 0 Å². The molecule has 25 heavy (non-hydrogen) atoms. The quantitative estimate of drug-likeness (QED) is 0.868. The van der Waals surface area contributed by atoms with Crippen molar-refractivity contribution in [3.63, 3.8) is 0 Å². The van der Waals surface area contributed by atoms with E-state index in [0.717, 1.165) is 24.2 Å². The zero-order valence-corrected chi connectivity index (χ0v) is 15.2. The van der Waals surface area contributed by atoms with Gasteiger partial charge in [-0.1, -0.05) is 5.16 Å². The van der Waals surface area contributed by atoms with E-state index in [1.807, 2.05) is 17.7 Å². The number of hydrogen-bond acceptors (Lipinski definition) is 5. The largest absolute Gasteiger partial charge is 0.396 e. The van der Waals surface area contributed by atoms with Crippen LogP contribution in [0.5, 0.6) is 0 Å². The number of nitrogens with one attached hydrogen (secondary N) is 1. The fourth-order valence-electron chi connectivity index (χ4n) is 3.17. The Labute approximate surface area is 147 Å². The van der Waals surface area contributed by atoms with Gasteiger partial charge in [0.1, 0.15) is 11.6 Å². The van der Waals surface area contributed by atoms with Crippen LogP contribution in [0.4, 0.5) is 5.82 Å². The number of nitrogens with zero attached hydrogens (tertiary/aromatic N) is 3. The molecule has 2 aromatic heterocycles. The summed E-state index contributed by atoms with van der Waals surface area (Å²) in [7, 11) is 0. The topological polar surface area (TPSA) is 93.2 Å². The first-order valence-corrected chi connectivity index (χ1v) is 8.69. The van der Waals surface area contributed by atoms with Crippen molar-refractivity contribution in [3.8, 4) is 0 Å². The molecule has 0 aliphatic heterocycles. The Morgan fingerprint density at radius 3 is 2.68 bits per heavy atom. The Kier molecular flexibility index (Phi) is 4.69. The molecular weight excluding hydrogens is 320 g/mol. The number of hydrogen-bond donors (Lipinski definition) is 2. The predicted octanol–water partition coefficient (Wildman–Crippen LogP) is 2.60. The predicted molar refractivity (Wildman–Crippen MR) is 93.3 cm³/mol. The number of amides is 1. The molecule has 1 fully saturated rings. The fourth-order valence-corrected chi connectivity index (χ4v) is 3.17. The van der Waals surface area contributed by atoms with E-state index in [0.29, 0.717) is 23.4 Å². The van der Waals surface area contributed by atoms with Gasteiger partial charge in [-0.25, -0.2) is 4.68 Å². The van der Waals surface area contributed by atoms with E-state index in [4.69, 9.17) is 9.62 Å². The third-order valence-electron chi connectivity index (χ3n) is 4.55. The van der Waals surface area contributed by atoms with Crippen LogP contribution in [0.2, 0.25) is 0 Å². The molecule has 1 aliphatic carbocycles. The van der Waals surface area contributed by atoms with Crippen LogP contribution in [0.15, 0.2) is 16.7 Å². The van der Waals surface area contributed by atoms with Gasteiger partial charge in [0.2, 0.25) is 5.91 Å². The summed E-state index contributed by atoms with van der Waals surface area (Å²) in [5, 5.41) is 20.7. The molecule has 0 spiro atoms. The minimum atomic E-state index is -0.246. The lowest BCUT2D eigenvalue weighted by molar-refractivity contribution is -0.115. The second-order valence-electron chi connectivity index (χ2n) is 7.91. The second-order valence-corrected chi connectivity index (χ2v) is 7.91. The summed E-state index contributed by atoms with van der Waals surface area (Å²) in [4.78, 5) is 12.4. The van der Waals surface area contributed by atoms with Crippen molar-refractivity contribution in [1.29, 1.82) is 0 Å². The van der Waals surface area contributed by atoms with Gasteiger partial charge in [-0.3, -0.25) is 4.79 Å². The van der Waals surface area contributed by atoms with E-state index in [-0.39, 0.29) is 24.5 Å². The minimum Gasteiger partial charge on any atom is -0.396 e. The molecule has 7 nitrogen and oxygen atoms in total. The Balaban J connectivity index is 1.74. The minimum absolute atomic E-state index is 0.140. The Morgan fingerprint density at radius 1 is 1.40 bits per heavy atom. The number of aliphatic hydroxyl groups excluding tert-OH is 1. The molecule has 2 heterocycles. The van der Waals surface area contributed by atoms with Crippen molar-refractivity contribution < 1.29 is 14.4 Å². The number of anilines is 1. The lowest BCUT2D eigenvalue weighted by Gasteiger charge is -2.32. The molecule has 2 N–H and O–H groups in total. The monoisotopic (exact) mass is 346 g/mol. The second kappa shape index (κ2) is 6.63. The molecular formula is C18H26N4O3. The summed E-state index contributed by atoms with van der Waals surface area (Å²) >= 11 is 0. The van der Waals surface area contributed by atoms with Crippen molar-refractivity contribution in [1.82, 2.24) is 14.9 Å². The molecule has 0 unspecified atom stereocenters. The van der Waals surface area contributed by atoms with Crippen LogP contribution < -0.4 is 5.32 Å². The van der Waals surface area contributed by atoms with E-state index in [1.54, 1.807) is 6.07 Å². The van der Waals surface area contributed by atoms with Gasteiger partial charge >= 0.3 is 0 Å². The van der Waals surface area contributed by atoms with E-state index in [1.165, 1.54) is 0 Å². The molecule has 0 atom stereocenters. The van der Waals surface area contributed by atoms with Crippen LogP contribution in [-0.4, -0.2) is 32.6 Å². The van der Waals surface area contributed by atoms with Crippen LogP contribution in [0, 0.1) is 12.8 Å². The van der Waals surface area contributed by atoms with Gasteiger partial charge in [0, 0.05) is 24.7 Å². The SMILES string of the molecule is Cc1cc(CC(=O)Nc2cc(C3CC(CO)C3)nn2C(C)(C)C)on1. The Hall–Kier alpha value is -2.15. The van der Waals surface area contributed by atoms with Gasteiger partial charge in [-0.05, 0) is 46.5 Å². The number of carbonyl (C=O) groups excluding carboxylic acids is 1. The van der Waals surface area contributed by atoms with E-state index >= 15 is 0 Å². The van der Waals surface area contributed by atoms with E-state index in [9.17, 15) is 9.90 Å².